The lowest BCUT2D eigenvalue weighted by molar-refractivity contribution is -0.145. The Balaban J connectivity index is 1.55. The standard InChI is InChI=1S/C18H26N2O4/c1-3-24-15-10-14(18(15)7-4-5-8-18)20-16(21)12(2)19-17(22)13-6-9-23-11-13/h6,9,11-12,14-15H,3-5,7-8,10H2,1-2H3,(H,19,22)(H,20,21)/t12-,14+,15-/m1/s1. The van der Waals surface area contributed by atoms with Gasteiger partial charge in [-0.15, -0.1) is 0 Å². The first-order valence-corrected chi connectivity index (χ1v) is 8.82. The molecule has 2 fully saturated rings. The van der Waals surface area contributed by atoms with Crippen LogP contribution in [0.3, 0.4) is 0 Å². The Morgan fingerprint density at radius 1 is 1.42 bits per heavy atom. The van der Waals surface area contributed by atoms with Crippen molar-refractivity contribution in [2.75, 3.05) is 6.61 Å². The molecule has 3 atom stereocenters. The molecule has 24 heavy (non-hydrogen) atoms. The second-order valence-corrected chi connectivity index (χ2v) is 6.89. The fourth-order valence-corrected chi connectivity index (χ4v) is 4.12. The summed E-state index contributed by atoms with van der Waals surface area (Å²) in [5.74, 6) is -0.444. The summed E-state index contributed by atoms with van der Waals surface area (Å²) in [6.07, 6.45) is 8.54. The zero-order valence-corrected chi connectivity index (χ0v) is 14.3. The lowest BCUT2D eigenvalue weighted by Gasteiger charge is -2.54. The van der Waals surface area contributed by atoms with Gasteiger partial charge in [0.25, 0.3) is 5.91 Å². The van der Waals surface area contributed by atoms with Gasteiger partial charge in [-0.2, -0.15) is 0 Å². The van der Waals surface area contributed by atoms with Gasteiger partial charge < -0.3 is 19.8 Å². The highest BCUT2D eigenvalue weighted by atomic mass is 16.5. The maximum atomic E-state index is 12.5. The average molecular weight is 334 g/mol. The minimum atomic E-state index is -0.586. The smallest absolute Gasteiger partial charge is 0.255 e. The Kier molecular flexibility index (Phi) is 4.94. The van der Waals surface area contributed by atoms with Gasteiger partial charge >= 0.3 is 0 Å². The first-order chi connectivity index (χ1) is 11.6. The second kappa shape index (κ2) is 6.97. The third kappa shape index (κ3) is 3.07. The number of carbonyl (C=O) groups excluding carboxylic acids is 2. The molecule has 0 bridgehead atoms. The fraction of sp³-hybridized carbons (Fsp3) is 0.667. The van der Waals surface area contributed by atoms with Crippen LogP contribution in [0.25, 0.3) is 0 Å². The molecule has 0 saturated heterocycles. The van der Waals surface area contributed by atoms with Gasteiger partial charge in [0.15, 0.2) is 0 Å². The van der Waals surface area contributed by atoms with Crippen LogP contribution in [0.15, 0.2) is 23.0 Å². The molecule has 6 nitrogen and oxygen atoms in total. The zero-order chi connectivity index (χ0) is 17.2. The van der Waals surface area contributed by atoms with Crippen LogP contribution >= 0.6 is 0 Å². The van der Waals surface area contributed by atoms with Gasteiger partial charge in [-0.05, 0) is 39.2 Å². The molecule has 2 aliphatic carbocycles. The van der Waals surface area contributed by atoms with Crippen molar-refractivity contribution in [1.82, 2.24) is 10.6 Å². The van der Waals surface area contributed by atoms with Crippen molar-refractivity contribution in [3.63, 3.8) is 0 Å². The fourth-order valence-electron chi connectivity index (χ4n) is 4.12. The number of rotatable bonds is 6. The molecule has 1 aromatic rings. The molecular weight excluding hydrogens is 308 g/mol. The number of furan rings is 1. The van der Waals surface area contributed by atoms with Gasteiger partial charge in [-0.25, -0.2) is 0 Å². The van der Waals surface area contributed by atoms with Crippen molar-refractivity contribution >= 4 is 11.8 Å². The van der Waals surface area contributed by atoms with E-state index in [2.05, 4.69) is 10.6 Å². The van der Waals surface area contributed by atoms with Crippen molar-refractivity contribution in [3.8, 4) is 0 Å². The highest BCUT2D eigenvalue weighted by Gasteiger charge is 2.57. The topological polar surface area (TPSA) is 80.6 Å². The number of amides is 2. The Hall–Kier alpha value is -1.82. The van der Waals surface area contributed by atoms with Crippen LogP contribution in [-0.4, -0.2) is 36.6 Å². The first-order valence-electron chi connectivity index (χ1n) is 8.82. The summed E-state index contributed by atoms with van der Waals surface area (Å²) in [5, 5.41) is 5.84. The summed E-state index contributed by atoms with van der Waals surface area (Å²) in [5.41, 5.74) is 0.516. The zero-order valence-electron chi connectivity index (χ0n) is 14.3. The molecule has 2 amide bonds. The van der Waals surface area contributed by atoms with Crippen LogP contribution in [0.1, 0.15) is 56.3 Å². The summed E-state index contributed by atoms with van der Waals surface area (Å²) in [4.78, 5) is 24.5. The first kappa shape index (κ1) is 17.0. The van der Waals surface area contributed by atoms with E-state index < -0.39 is 6.04 Å². The summed E-state index contributed by atoms with van der Waals surface area (Å²) in [7, 11) is 0. The lowest BCUT2D eigenvalue weighted by atomic mass is 9.60. The normalized spacial score (nSPS) is 25.9. The van der Waals surface area contributed by atoms with Crippen molar-refractivity contribution in [2.45, 2.75) is 64.1 Å². The van der Waals surface area contributed by atoms with Crippen LogP contribution in [0.4, 0.5) is 0 Å². The average Bonchev–Trinajstić information content (AvgIpc) is 3.25. The predicted octanol–water partition coefficient (Wildman–Crippen LogP) is 2.25. The maximum Gasteiger partial charge on any atom is 0.255 e. The minimum absolute atomic E-state index is 0.0972. The van der Waals surface area contributed by atoms with E-state index in [1.54, 1.807) is 13.0 Å². The van der Waals surface area contributed by atoms with Gasteiger partial charge in [-0.3, -0.25) is 9.59 Å². The third-order valence-electron chi connectivity index (χ3n) is 5.53. The highest BCUT2D eigenvalue weighted by molar-refractivity contribution is 5.97. The molecule has 2 saturated carbocycles. The van der Waals surface area contributed by atoms with E-state index in [-0.39, 0.29) is 29.4 Å². The molecule has 132 valence electrons. The van der Waals surface area contributed by atoms with Crippen LogP contribution < -0.4 is 10.6 Å². The van der Waals surface area contributed by atoms with Gasteiger partial charge in [0.2, 0.25) is 5.91 Å². The Morgan fingerprint density at radius 2 is 2.17 bits per heavy atom. The molecule has 1 heterocycles. The second-order valence-electron chi connectivity index (χ2n) is 6.89. The van der Waals surface area contributed by atoms with E-state index in [1.807, 2.05) is 6.92 Å². The summed E-state index contributed by atoms with van der Waals surface area (Å²) in [6.45, 7) is 4.43. The van der Waals surface area contributed by atoms with Crippen LogP contribution in [0.2, 0.25) is 0 Å². The quantitative estimate of drug-likeness (QED) is 0.836. The Labute approximate surface area is 142 Å². The largest absolute Gasteiger partial charge is 0.472 e. The number of nitrogens with one attached hydrogen (secondary N) is 2. The van der Waals surface area contributed by atoms with Gasteiger partial charge in [0.1, 0.15) is 12.3 Å². The van der Waals surface area contributed by atoms with Gasteiger partial charge in [-0.1, -0.05) is 12.8 Å². The Bertz CT molecular complexity index is 578. The highest BCUT2D eigenvalue weighted by Crippen LogP contribution is 2.54. The van der Waals surface area contributed by atoms with Crippen molar-refractivity contribution in [1.29, 1.82) is 0 Å². The Morgan fingerprint density at radius 3 is 2.79 bits per heavy atom. The number of ether oxygens (including phenoxy) is 1. The number of hydrogen-bond donors (Lipinski definition) is 2. The number of hydrogen-bond acceptors (Lipinski definition) is 4. The van der Waals surface area contributed by atoms with Gasteiger partial charge in [0.05, 0.1) is 17.9 Å². The van der Waals surface area contributed by atoms with E-state index in [1.165, 1.54) is 25.4 Å². The molecule has 0 aliphatic heterocycles. The summed E-state index contributed by atoms with van der Waals surface area (Å²) < 4.78 is 10.8. The molecule has 6 heteroatoms. The minimum Gasteiger partial charge on any atom is -0.472 e. The molecule has 2 aliphatic rings. The summed E-state index contributed by atoms with van der Waals surface area (Å²) >= 11 is 0. The van der Waals surface area contributed by atoms with Crippen molar-refractivity contribution < 1.29 is 18.7 Å². The van der Waals surface area contributed by atoms with E-state index in [4.69, 9.17) is 9.15 Å². The van der Waals surface area contributed by atoms with E-state index in [9.17, 15) is 9.59 Å². The molecule has 3 rings (SSSR count). The molecular formula is C18H26N2O4. The molecule has 1 aromatic heterocycles. The van der Waals surface area contributed by atoms with E-state index >= 15 is 0 Å². The number of carbonyl (C=O) groups is 2. The van der Waals surface area contributed by atoms with Crippen LogP contribution in [0, 0.1) is 5.41 Å². The molecule has 0 unspecified atom stereocenters. The van der Waals surface area contributed by atoms with Crippen LogP contribution in [-0.2, 0) is 9.53 Å². The predicted molar refractivity (Wildman–Crippen MR) is 88.5 cm³/mol. The molecule has 0 radical (unpaired) electrons. The SMILES string of the molecule is CCO[C@@H]1C[C@H](NC(=O)[C@@H](C)NC(=O)c2ccoc2)C12CCCC2. The van der Waals surface area contributed by atoms with E-state index in [0.29, 0.717) is 12.2 Å². The molecule has 0 aromatic carbocycles. The maximum absolute atomic E-state index is 12.5. The molecule has 1 spiro atoms. The lowest BCUT2D eigenvalue weighted by Crippen LogP contribution is -2.65. The van der Waals surface area contributed by atoms with Crippen molar-refractivity contribution in [2.24, 2.45) is 5.41 Å². The molecule has 2 N–H and O–H groups in total. The monoisotopic (exact) mass is 334 g/mol. The van der Waals surface area contributed by atoms with Crippen molar-refractivity contribution in [3.05, 3.63) is 24.2 Å². The third-order valence-corrected chi connectivity index (χ3v) is 5.53. The summed E-state index contributed by atoms with van der Waals surface area (Å²) in [6, 6.07) is 1.14. The van der Waals surface area contributed by atoms with Gasteiger partial charge in [0, 0.05) is 18.1 Å². The van der Waals surface area contributed by atoms with E-state index in [0.717, 1.165) is 19.3 Å². The van der Waals surface area contributed by atoms with Crippen LogP contribution in [0.5, 0.6) is 0 Å².